The topological polar surface area (TPSA) is 3.88 Å². The molecule has 0 aliphatic rings. The number of rotatable bonds is 3. The first kappa shape index (κ1) is 14.8. The van der Waals surface area contributed by atoms with Crippen molar-refractivity contribution in [1.29, 1.82) is 0 Å². The molecule has 0 aliphatic heterocycles. The Labute approximate surface area is 133 Å². The molecule has 3 rings (SSSR count). The highest BCUT2D eigenvalue weighted by Gasteiger charge is 2.17. The molecular weight excluding hydrogens is 266 g/mol. The monoisotopic (exact) mass is 290 g/mol. The quantitative estimate of drug-likeness (QED) is 0.612. The third-order valence-corrected chi connectivity index (χ3v) is 4.64. The van der Waals surface area contributed by atoms with Gasteiger partial charge < -0.3 is 0 Å². The number of nitrogens with zero attached hydrogens (tertiary/aromatic N) is 1. The van der Waals surface area contributed by atoms with E-state index in [4.69, 9.17) is 0 Å². The number of benzene rings is 2. The van der Waals surface area contributed by atoms with Crippen molar-refractivity contribution in [1.82, 2.24) is 0 Å². The molecule has 0 bridgehead atoms. The Morgan fingerprint density at radius 3 is 2.36 bits per heavy atom. The van der Waals surface area contributed by atoms with Gasteiger partial charge in [-0.2, -0.15) is 4.57 Å². The summed E-state index contributed by atoms with van der Waals surface area (Å²) in [6, 6.07) is 17.9. The Kier molecular flexibility index (Phi) is 3.98. The van der Waals surface area contributed by atoms with E-state index in [1.165, 1.54) is 38.9 Å². The Morgan fingerprint density at radius 2 is 1.68 bits per heavy atom. The van der Waals surface area contributed by atoms with Crippen LogP contribution in [-0.2, 0) is 19.9 Å². The summed E-state index contributed by atoms with van der Waals surface area (Å²) in [5.41, 5.74) is 8.10. The molecule has 112 valence electrons. The Bertz CT molecular complexity index is 831. The molecule has 22 heavy (non-hydrogen) atoms. The van der Waals surface area contributed by atoms with Crippen LogP contribution >= 0.6 is 0 Å². The average Bonchev–Trinajstić information content (AvgIpc) is 2.55. The Hall–Kier alpha value is -2.15. The number of aromatic nitrogens is 1. The molecule has 0 unspecified atom stereocenters. The fourth-order valence-electron chi connectivity index (χ4n) is 3.26. The highest BCUT2D eigenvalue weighted by molar-refractivity contribution is 5.82. The summed E-state index contributed by atoms with van der Waals surface area (Å²) in [6.07, 6.45) is 2.16. The fraction of sp³-hybridized carbons (Fsp3) is 0.286. The standard InChI is InChI=1S/C21H24N/c1-5-16-13-17(6-2)19-11-12-20(22(4)21(19)14-16)18-10-8-7-9-15(18)3/h7-14H,5-6H2,1-4H3/q+1. The number of hydrogen-bond donors (Lipinski definition) is 0. The van der Waals surface area contributed by atoms with Crippen LogP contribution in [0.1, 0.15) is 30.5 Å². The van der Waals surface area contributed by atoms with Gasteiger partial charge in [-0.05, 0) is 48.6 Å². The summed E-state index contributed by atoms with van der Waals surface area (Å²) >= 11 is 0. The number of aryl methyl sites for hydroxylation is 4. The Morgan fingerprint density at radius 1 is 0.909 bits per heavy atom. The predicted molar refractivity (Wildman–Crippen MR) is 94.1 cm³/mol. The number of pyridine rings is 1. The summed E-state index contributed by atoms with van der Waals surface area (Å²) in [5.74, 6) is 0. The first-order valence-corrected chi connectivity index (χ1v) is 8.16. The van der Waals surface area contributed by atoms with E-state index in [1.54, 1.807) is 0 Å². The van der Waals surface area contributed by atoms with Crippen molar-refractivity contribution in [3.05, 3.63) is 65.2 Å². The van der Waals surface area contributed by atoms with Crippen molar-refractivity contribution in [2.45, 2.75) is 33.6 Å². The van der Waals surface area contributed by atoms with Gasteiger partial charge in [-0.15, -0.1) is 0 Å². The van der Waals surface area contributed by atoms with Crippen LogP contribution in [0.15, 0.2) is 48.5 Å². The lowest BCUT2D eigenvalue weighted by atomic mass is 9.98. The van der Waals surface area contributed by atoms with Gasteiger partial charge in [0, 0.05) is 23.1 Å². The van der Waals surface area contributed by atoms with Crippen LogP contribution in [-0.4, -0.2) is 0 Å². The number of hydrogen-bond acceptors (Lipinski definition) is 0. The third kappa shape index (κ3) is 2.41. The second kappa shape index (κ2) is 5.92. The molecule has 0 aliphatic carbocycles. The highest BCUT2D eigenvalue weighted by atomic mass is 14.9. The molecule has 1 heterocycles. The highest BCUT2D eigenvalue weighted by Crippen LogP contribution is 2.25. The maximum atomic E-state index is 2.36. The lowest BCUT2D eigenvalue weighted by molar-refractivity contribution is -0.633. The van der Waals surface area contributed by atoms with Gasteiger partial charge in [-0.1, -0.05) is 38.1 Å². The molecular formula is C21H24N+. The van der Waals surface area contributed by atoms with Gasteiger partial charge in [0.2, 0.25) is 11.2 Å². The van der Waals surface area contributed by atoms with E-state index in [0.717, 1.165) is 12.8 Å². The average molecular weight is 290 g/mol. The van der Waals surface area contributed by atoms with E-state index < -0.39 is 0 Å². The molecule has 0 spiro atoms. The van der Waals surface area contributed by atoms with E-state index in [0.29, 0.717) is 0 Å². The van der Waals surface area contributed by atoms with E-state index in [9.17, 15) is 0 Å². The molecule has 0 atom stereocenters. The molecule has 0 radical (unpaired) electrons. The van der Waals surface area contributed by atoms with Crippen LogP contribution in [0.4, 0.5) is 0 Å². The molecule has 1 heteroatoms. The van der Waals surface area contributed by atoms with Crippen molar-refractivity contribution >= 4 is 10.9 Å². The van der Waals surface area contributed by atoms with Crippen LogP contribution in [0.3, 0.4) is 0 Å². The van der Waals surface area contributed by atoms with Crippen LogP contribution in [0.5, 0.6) is 0 Å². The van der Waals surface area contributed by atoms with Crippen LogP contribution in [0, 0.1) is 6.92 Å². The van der Waals surface area contributed by atoms with Gasteiger partial charge in [-0.3, -0.25) is 0 Å². The summed E-state index contributed by atoms with van der Waals surface area (Å²) < 4.78 is 2.34. The molecule has 1 nitrogen and oxygen atoms in total. The van der Waals surface area contributed by atoms with E-state index in [1.807, 2.05) is 0 Å². The van der Waals surface area contributed by atoms with E-state index >= 15 is 0 Å². The van der Waals surface area contributed by atoms with Gasteiger partial charge in [0.25, 0.3) is 0 Å². The second-order valence-electron chi connectivity index (χ2n) is 5.99. The fourth-order valence-corrected chi connectivity index (χ4v) is 3.26. The molecule has 1 aromatic heterocycles. The summed E-state index contributed by atoms with van der Waals surface area (Å²) in [5, 5.41) is 1.37. The maximum absolute atomic E-state index is 2.36. The number of fused-ring (bicyclic) bond motifs is 1. The van der Waals surface area contributed by atoms with Crippen LogP contribution in [0.2, 0.25) is 0 Å². The van der Waals surface area contributed by atoms with E-state index in [-0.39, 0.29) is 0 Å². The summed E-state index contributed by atoms with van der Waals surface area (Å²) in [7, 11) is 2.18. The smallest absolute Gasteiger partial charge is 0.194 e. The molecule has 0 N–H and O–H groups in total. The zero-order chi connectivity index (χ0) is 15.7. The maximum Gasteiger partial charge on any atom is 0.213 e. The molecule has 0 fully saturated rings. The SMILES string of the molecule is CCc1cc(CC)c2ccc(-c3ccccc3C)[n+](C)c2c1. The van der Waals surface area contributed by atoms with Crippen molar-refractivity contribution < 1.29 is 4.57 Å². The van der Waals surface area contributed by atoms with E-state index in [2.05, 4.69) is 80.9 Å². The van der Waals surface area contributed by atoms with Gasteiger partial charge >= 0.3 is 0 Å². The van der Waals surface area contributed by atoms with Gasteiger partial charge in [0.15, 0.2) is 0 Å². The minimum absolute atomic E-state index is 1.08. The molecule has 0 amide bonds. The zero-order valence-corrected chi connectivity index (χ0v) is 14.0. The first-order valence-electron chi connectivity index (χ1n) is 8.16. The Balaban J connectivity index is 2.32. The largest absolute Gasteiger partial charge is 0.213 e. The lowest BCUT2D eigenvalue weighted by Crippen LogP contribution is -2.32. The molecule has 3 aromatic rings. The predicted octanol–water partition coefficient (Wildman–Crippen LogP) is 4.76. The van der Waals surface area contributed by atoms with Crippen molar-refractivity contribution in [3.63, 3.8) is 0 Å². The second-order valence-corrected chi connectivity index (χ2v) is 5.99. The minimum atomic E-state index is 1.08. The lowest BCUT2D eigenvalue weighted by Gasteiger charge is -2.10. The van der Waals surface area contributed by atoms with Gasteiger partial charge in [-0.25, -0.2) is 0 Å². The van der Waals surface area contributed by atoms with Crippen molar-refractivity contribution in [2.24, 2.45) is 7.05 Å². The first-order chi connectivity index (χ1) is 10.7. The summed E-state index contributed by atoms with van der Waals surface area (Å²) in [4.78, 5) is 0. The normalized spacial score (nSPS) is 11.1. The third-order valence-electron chi connectivity index (χ3n) is 4.64. The van der Waals surface area contributed by atoms with Gasteiger partial charge in [0.1, 0.15) is 7.05 Å². The zero-order valence-electron chi connectivity index (χ0n) is 14.0. The minimum Gasteiger partial charge on any atom is -0.194 e. The molecule has 0 saturated carbocycles. The van der Waals surface area contributed by atoms with Gasteiger partial charge in [0.05, 0.1) is 0 Å². The summed E-state index contributed by atoms with van der Waals surface area (Å²) in [6.45, 7) is 6.65. The van der Waals surface area contributed by atoms with Crippen molar-refractivity contribution in [3.8, 4) is 11.3 Å². The molecule has 0 saturated heterocycles. The van der Waals surface area contributed by atoms with Crippen LogP contribution < -0.4 is 4.57 Å². The molecule has 2 aromatic carbocycles. The van der Waals surface area contributed by atoms with Crippen molar-refractivity contribution in [2.75, 3.05) is 0 Å². The van der Waals surface area contributed by atoms with Crippen LogP contribution in [0.25, 0.3) is 22.2 Å².